The summed E-state index contributed by atoms with van der Waals surface area (Å²) in [6.45, 7) is 1.63. The molecule has 0 aromatic carbocycles. The van der Waals surface area contributed by atoms with Gasteiger partial charge >= 0.3 is 12.0 Å². The lowest BCUT2D eigenvalue weighted by atomic mass is 9.99. The van der Waals surface area contributed by atoms with Crippen molar-refractivity contribution in [2.75, 3.05) is 39.9 Å². The van der Waals surface area contributed by atoms with Gasteiger partial charge in [0.1, 0.15) is 6.54 Å². The first-order valence-corrected chi connectivity index (χ1v) is 7.07. The summed E-state index contributed by atoms with van der Waals surface area (Å²) in [5, 5.41) is 11.7. The molecule has 2 aliphatic heterocycles. The standard InChI is InChI=1S/C13H21N3O5/c1-15(8-10(17)16-5-2-3-6-16)12(20)14-13(11(18)19)4-7-21-9-13/h2-9H2,1H3,(H,14,20)(H,18,19). The van der Waals surface area contributed by atoms with Crippen LogP contribution in [0.1, 0.15) is 19.3 Å². The van der Waals surface area contributed by atoms with Crippen LogP contribution in [0.5, 0.6) is 0 Å². The van der Waals surface area contributed by atoms with Gasteiger partial charge in [0.2, 0.25) is 5.91 Å². The second-order valence-corrected chi connectivity index (χ2v) is 5.56. The molecule has 2 aliphatic rings. The molecule has 0 aromatic rings. The summed E-state index contributed by atoms with van der Waals surface area (Å²) in [5.41, 5.74) is -1.39. The van der Waals surface area contributed by atoms with E-state index in [1.807, 2.05) is 0 Å². The lowest BCUT2D eigenvalue weighted by molar-refractivity contribution is -0.144. The lowest BCUT2D eigenvalue weighted by Gasteiger charge is -2.28. The number of carbonyl (C=O) groups is 3. The molecule has 1 atom stereocenters. The third kappa shape index (κ3) is 3.44. The maximum atomic E-state index is 12.1. The molecule has 8 heteroatoms. The van der Waals surface area contributed by atoms with Gasteiger partial charge in [-0.15, -0.1) is 0 Å². The van der Waals surface area contributed by atoms with Gasteiger partial charge < -0.3 is 25.0 Å². The fraction of sp³-hybridized carbons (Fsp3) is 0.769. The van der Waals surface area contributed by atoms with Crippen LogP contribution in [0, 0.1) is 0 Å². The highest BCUT2D eigenvalue weighted by Gasteiger charge is 2.44. The second-order valence-electron chi connectivity index (χ2n) is 5.56. The highest BCUT2D eigenvalue weighted by atomic mass is 16.5. The summed E-state index contributed by atoms with van der Waals surface area (Å²) >= 11 is 0. The van der Waals surface area contributed by atoms with Gasteiger partial charge in [0, 0.05) is 33.2 Å². The fourth-order valence-corrected chi connectivity index (χ4v) is 2.53. The number of hydrogen-bond acceptors (Lipinski definition) is 4. The predicted molar refractivity (Wildman–Crippen MR) is 72.8 cm³/mol. The van der Waals surface area contributed by atoms with Crippen molar-refractivity contribution in [2.45, 2.75) is 24.8 Å². The molecule has 2 N–H and O–H groups in total. The minimum absolute atomic E-state index is 0.0532. The normalized spacial score (nSPS) is 24.9. The van der Waals surface area contributed by atoms with Gasteiger partial charge in [-0.3, -0.25) is 4.79 Å². The van der Waals surface area contributed by atoms with Crippen LogP contribution in [-0.4, -0.2) is 78.2 Å². The summed E-state index contributed by atoms with van der Waals surface area (Å²) in [7, 11) is 1.48. The van der Waals surface area contributed by atoms with E-state index in [2.05, 4.69) is 5.32 Å². The third-order valence-electron chi connectivity index (χ3n) is 3.96. The van der Waals surface area contributed by atoms with E-state index in [1.54, 1.807) is 4.90 Å². The molecule has 21 heavy (non-hydrogen) atoms. The maximum absolute atomic E-state index is 12.1. The number of carboxylic acids is 1. The summed E-state index contributed by atoms with van der Waals surface area (Å²) < 4.78 is 5.08. The zero-order valence-corrected chi connectivity index (χ0v) is 12.1. The van der Waals surface area contributed by atoms with Gasteiger partial charge in [0.25, 0.3) is 0 Å². The fourth-order valence-electron chi connectivity index (χ4n) is 2.53. The Hall–Kier alpha value is -1.83. The van der Waals surface area contributed by atoms with E-state index in [0.717, 1.165) is 25.9 Å². The molecule has 1 unspecified atom stereocenters. The van der Waals surface area contributed by atoms with E-state index in [4.69, 9.17) is 4.74 Å². The number of aliphatic carboxylic acids is 1. The molecule has 0 spiro atoms. The van der Waals surface area contributed by atoms with Gasteiger partial charge in [-0.05, 0) is 12.8 Å². The Morgan fingerprint density at radius 1 is 1.33 bits per heavy atom. The highest BCUT2D eigenvalue weighted by molar-refractivity contribution is 5.89. The molecule has 2 saturated heterocycles. The van der Waals surface area contributed by atoms with Gasteiger partial charge in [-0.25, -0.2) is 9.59 Å². The lowest BCUT2D eigenvalue weighted by Crippen LogP contribution is -2.58. The monoisotopic (exact) mass is 299 g/mol. The Morgan fingerprint density at radius 2 is 2.00 bits per heavy atom. The van der Waals surface area contributed by atoms with Crippen molar-refractivity contribution in [2.24, 2.45) is 0 Å². The quantitative estimate of drug-likeness (QED) is 0.728. The molecule has 0 saturated carbocycles. The number of hydrogen-bond donors (Lipinski definition) is 2. The van der Waals surface area contributed by atoms with Crippen molar-refractivity contribution >= 4 is 17.9 Å². The smallest absolute Gasteiger partial charge is 0.332 e. The van der Waals surface area contributed by atoms with Crippen LogP contribution in [0.15, 0.2) is 0 Å². The Morgan fingerprint density at radius 3 is 2.52 bits per heavy atom. The first kappa shape index (κ1) is 15.6. The Bertz CT molecular complexity index is 428. The molecule has 118 valence electrons. The van der Waals surface area contributed by atoms with Crippen molar-refractivity contribution in [3.8, 4) is 0 Å². The van der Waals surface area contributed by atoms with Crippen LogP contribution in [0.4, 0.5) is 4.79 Å². The maximum Gasteiger partial charge on any atom is 0.332 e. The van der Waals surface area contributed by atoms with Gasteiger partial charge in [-0.1, -0.05) is 0 Å². The molecular weight excluding hydrogens is 278 g/mol. The number of likely N-dealkylation sites (N-methyl/N-ethyl adjacent to an activating group) is 1. The van der Waals surface area contributed by atoms with Gasteiger partial charge in [-0.2, -0.15) is 0 Å². The van der Waals surface area contributed by atoms with E-state index in [-0.39, 0.29) is 25.5 Å². The first-order chi connectivity index (χ1) is 9.94. The Kier molecular flexibility index (Phi) is 4.66. The summed E-state index contributed by atoms with van der Waals surface area (Å²) in [4.78, 5) is 38.3. The van der Waals surface area contributed by atoms with Crippen LogP contribution in [0.25, 0.3) is 0 Å². The van der Waals surface area contributed by atoms with E-state index in [0.29, 0.717) is 6.61 Å². The largest absolute Gasteiger partial charge is 0.479 e. The summed E-state index contributed by atoms with van der Waals surface area (Å²) in [6.07, 6.45) is 2.20. The molecular formula is C13H21N3O5. The molecule has 2 rings (SSSR count). The van der Waals surface area contributed by atoms with Crippen molar-refractivity contribution in [3.05, 3.63) is 0 Å². The first-order valence-electron chi connectivity index (χ1n) is 7.07. The summed E-state index contributed by atoms with van der Waals surface area (Å²) in [5.74, 6) is -1.23. The average molecular weight is 299 g/mol. The van der Waals surface area contributed by atoms with Crippen molar-refractivity contribution < 1.29 is 24.2 Å². The SMILES string of the molecule is CN(CC(=O)N1CCCC1)C(=O)NC1(C(=O)O)CCOC1. The molecule has 3 amide bonds. The predicted octanol–water partition coefficient (Wildman–Crippen LogP) is -0.506. The second kappa shape index (κ2) is 6.30. The Balaban J connectivity index is 1.89. The molecule has 0 aliphatic carbocycles. The van der Waals surface area contributed by atoms with E-state index in [1.165, 1.54) is 11.9 Å². The molecule has 0 bridgehead atoms. The minimum Gasteiger partial charge on any atom is -0.479 e. The number of nitrogens with one attached hydrogen (secondary N) is 1. The number of carboxylic acid groups (broad SMARTS) is 1. The third-order valence-corrected chi connectivity index (χ3v) is 3.96. The number of nitrogens with zero attached hydrogens (tertiary/aromatic N) is 2. The topological polar surface area (TPSA) is 99.2 Å². The van der Waals surface area contributed by atoms with E-state index < -0.39 is 17.5 Å². The van der Waals surface area contributed by atoms with Crippen LogP contribution < -0.4 is 5.32 Å². The number of ether oxygens (including phenoxy) is 1. The number of carbonyl (C=O) groups excluding carboxylic acids is 2. The zero-order valence-electron chi connectivity index (χ0n) is 12.1. The molecule has 2 heterocycles. The van der Waals surface area contributed by atoms with Crippen molar-refractivity contribution in [1.29, 1.82) is 0 Å². The number of likely N-dealkylation sites (tertiary alicyclic amines) is 1. The molecule has 0 aromatic heterocycles. The van der Waals surface area contributed by atoms with Gasteiger partial charge in [0.05, 0.1) is 6.61 Å². The van der Waals surface area contributed by atoms with Crippen LogP contribution in [-0.2, 0) is 14.3 Å². The minimum atomic E-state index is -1.39. The van der Waals surface area contributed by atoms with Crippen molar-refractivity contribution in [3.63, 3.8) is 0 Å². The van der Waals surface area contributed by atoms with E-state index in [9.17, 15) is 19.5 Å². The molecule has 0 radical (unpaired) electrons. The number of rotatable bonds is 4. The zero-order chi connectivity index (χ0) is 15.5. The van der Waals surface area contributed by atoms with Crippen LogP contribution in [0.3, 0.4) is 0 Å². The van der Waals surface area contributed by atoms with Gasteiger partial charge in [0.15, 0.2) is 5.54 Å². The molecule has 2 fully saturated rings. The van der Waals surface area contributed by atoms with Crippen LogP contribution >= 0.6 is 0 Å². The van der Waals surface area contributed by atoms with Crippen LogP contribution in [0.2, 0.25) is 0 Å². The van der Waals surface area contributed by atoms with Crippen molar-refractivity contribution in [1.82, 2.24) is 15.1 Å². The Labute approximate surface area is 123 Å². The summed E-state index contributed by atoms with van der Waals surface area (Å²) in [6, 6.07) is -0.574. The highest BCUT2D eigenvalue weighted by Crippen LogP contribution is 2.19. The molecule has 8 nitrogen and oxygen atoms in total. The van der Waals surface area contributed by atoms with E-state index >= 15 is 0 Å². The number of amides is 3. The average Bonchev–Trinajstić information content (AvgIpc) is 3.10. The number of urea groups is 1.